The first kappa shape index (κ1) is 17.4. The molecule has 2 unspecified atom stereocenters. The van der Waals surface area contributed by atoms with E-state index in [1.54, 1.807) is 0 Å². The molecule has 0 fully saturated rings. The van der Waals surface area contributed by atoms with Crippen LogP contribution < -0.4 is 5.32 Å². The van der Waals surface area contributed by atoms with Crippen molar-refractivity contribution in [3.8, 4) is 0 Å². The third-order valence-corrected chi connectivity index (χ3v) is 3.73. The van der Waals surface area contributed by atoms with Gasteiger partial charge in [-0.25, -0.2) is 0 Å². The zero-order valence-corrected chi connectivity index (χ0v) is 12.9. The molecule has 0 amide bonds. The highest BCUT2D eigenvalue weighted by molar-refractivity contribution is 5.80. The second-order valence-electron chi connectivity index (χ2n) is 5.20. The maximum atomic E-state index is 11.8. The third-order valence-electron chi connectivity index (χ3n) is 3.73. The first-order chi connectivity index (χ1) is 8.41. The summed E-state index contributed by atoms with van der Waals surface area (Å²) in [7, 11) is 3.58. The topological polar surface area (TPSA) is 41.6 Å². The molecule has 18 heavy (non-hydrogen) atoms. The molecule has 1 N–H and O–H groups in total. The van der Waals surface area contributed by atoms with Crippen LogP contribution in [0.4, 0.5) is 0 Å². The van der Waals surface area contributed by atoms with E-state index in [4.69, 9.17) is 4.74 Å². The summed E-state index contributed by atoms with van der Waals surface area (Å²) in [6.45, 7) is 10.1. The van der Waals surface area contributed by atoms with Crippen LogP contribution >= 0.6 is 0 Å². The highest BCUT2D eigenvalue weighted by atomic mass is 16.5. The molecular weight excluding hydrogens is 228 g/mol. The molecule has 0 bridgehead atoms. The van der Waals surface area contributed by atoms with E-state index in [0.29, 0.717) is 6.04 Å². The van der Waals surface area contributed by atoms with E-state index in [1.807, 2.05) is 13.8 Å². The van der Waals surface area contributed by atoms with Crippen LogP contribution in [0.25, 0.3) is 0 Å². The van der Waals surface area contributed by atoms with E-state index in [9.17, 15) is 4.79 Å². The van der Waals surface area contributed by atoms with E-state index < -0.39 is 5.54 Å². The summed E-state index contributed by atoms with van der Waals surface area (Å²) in [4.78, 5) is 14.1. The molecule has 0 aliphatic carbocycles. The van der Waals surface area contributed by atoms with Gasteiger partial charge in [-0.3, -0.25) is 4.79 Å². The molecule has 0 saturated heterocycles. The fraction of sp³-hybridized carbons (Fsp3) is 0.929. The van der Waals surface area contributed by atoms with Gasteiger partial charge in [-0.15, -0.1) is 0 Å². The van der Waals surface area contributed by atoms with Gasteiger partial charge in [0.25, 0.3) is 0 Å². The fourth-order valence-corrected chi connectivity index (χ4v) is 2.09. The Morgan fingerprint density at radius 2 is 2.06 bits per heavy atom. The molecule has 108 valence electrons. The van der Waals surface area contributed by atoms with Crippen LogP contribution in [0.3, 0.4) is 0 Å². The van der Waals surface area contributed by atoms with Gasteiger partial charge >= 0.3 is 5.97 Å². The van der Waals surface area contributed by atoms with Gasteiger partial charge < -0.3 is 15.0 Å². The average molecular weight is 258 g/mol. The molecular formula is C14H30N2O2. The van der Waals surface area contributed by atoms with Gasteiger partial charge in [0.1, 0.15) is 5.54 Å². The molecule has 2 atom stereocenters. The van der Waals surface area contributed by atoms with Crippen molar-refractivity contribution in [3.05, 3.63) is 0 Å². The molecule has 4 nitrogen and oxygen atoms in total. The second-order valence-corrected chi connectivity index (χ2v) is 5.20. The van der Waals surface area contributed by atoms with Crippen molar-refractivity contribution < 1.29 is 9.53 Å². The standard InChI is InChI=1S/C14H30N2O2/c1-7-12(3)16(5)11-9-10-14(4,15-8-2)13(17)18-6/h12,15H,7-11H2,1-6H3. The minimum atomic E-state index is -0.556. The van der Waals surface area contributed by atoms with E-state index in [1.165, 1.54) is 7.11 Å². The van der Waals surface area contributed by atoms with Gasteiger partial charge in [0, 0.05) is 6.04 Å². The maximum absolute atomic E-state index is 11.8. The molecule has 0 spiro atoms. The smallest absolute Gasteiger partial charge is 0.325 e. The molecule has 0 aromatic rings. The Morgan fingerprint density at radius 1 is 1.44 bits per heavy atom. The lowest BCUT2D eigenvalue weighted by molar-refractivity contribution is -0.148. The van der Waals surface area contributed by atoms with E-state index in [0.717, 1.165) is 32.4 Å². The molecule has 0 rings (SSSR count). The number of hydrogen-bond donors (Lipinski definition) is 1. The summed E-state index contributed by atoms with van der Waals surface area (Å²) >= 11 is 0. The van der Waals surface area contributed by atoms with Gasteiger partial charge in [-0.2, -0.15) is 0 Å². The molecule has 0 aromatic carbocycles. The normalized spacial score (nSPS) is 16.4. The molecule has 0 aliphatic heterocycles. The first-order valence-electron chi connectivity index (χ1n) is 6.95. The lowest BCUT2D eigenvalue weighted by atomic mass is 9.95. The van der Waals surface area contributed by atoms with Crippen LogP contribution in [0.5, 0.6) is 0 Å². The molecule has 0 aromatic heterocycles. The lowest BCUT2D eigenvalue weighted by Gasteiger charge is -2.29. The van der Waals surface area contributed by atoms with Crippen molar-refractivity contribution in [2.75, 3.05) is 27.2 Å². The minimum Gasteiger partial charge on any atom is -0.468 e. The SMILES string of the molecule is CCNC(C)(CCCN(C)C(C)CC)C(=O)OC. The lowest BCUT2D eigenvalue weighted by Crippen LogP contribution is -2.50. The summed E-state index contributed by atoms with van der Waals surface area (Å²) in [5, 5.41) is 3.23. The Bertz CT molecular complexity index is 246. The Hall–Kier alpha value is -0.610. The largest absolute Gasteiger partial charge is 0.468 e. The zero-order valence-electron chi connectivity index (χ0n) is 12.9. The van der Waals surface area contributed by atoms with Crippen LogP contribution in [0.2, 0.25) is 0 Å². The first-order valence-corrected chi connectivity index (χ1v) is 6.95. The highest BCUT2D eigenvalue weighted by Crippen LogP contribution is 2.15. The number of likely N-dealkylation sites (N-methyl/N-ethyl adjacent to an activating group) is 1. The Labute approximate surface area is 112 Å². The Kier molecular flexibility index (Phi) is 8.20. The van der Waals surface area contributed by atoms with Crippen LogP contribution in [-0.2, 0) is 9.53 Å². The Balaban J connectivity index is 4.24. The minimum absolute atomic E-state index is 0.171. The number of ether oxygens (including phenoxy) is 1. The summed E-state index contributed by atoms with van der Waals surface area (Å²) in [6.07, 6.45) is 2.94. The van der Waals surface area contributed by atoms with Crippen molar-refractivity contribution in [1.82, 2.24) is 10.2 Å². The number of hydrogen-bond acceptors (Lipinski definition) is 4. The van der Waals surface area contributed by atoms with Crippen LogP contribution in [-0.4, -0.2) is 49.7 Å². The number of carbonyl (C=O) groups is 1. The molecule has 0 heterocycles. The molecule has 4 heteroatoms. The predicted octanol–water partition coefficient (Wildman–Crippen LogP) is 2.04. The van der Waals surface area contributed by atoms with Crippen molar-refractivity contribution in [2.24, 2.45) is 0 Å². The summed E-state index contributed by atoms with van der Waals surface area (Å²) in [5.41, 5.74) is -0.556. The number of methoxy groups -OCH3 is 1. The molecule has 0 aliphatic rings. The summed E-state index contributed by atoms with van der Waals surface area (Å²) < 4.78 is 4.88. The van der Waals surface area contributed by atoms with Crippen molar-refractivity contribution in [2.45, 2.75) is 58.5 Å². The van der Waals surface area contributed by atoms with Gasteiger partial charge in [0.15, 0.2) is 0 Å². The number of carbonyl (C=O) groups excluding carboxylic acids is 1. The van der Waals surface area contributed by atoms with Crippen LogP contribution in [0, 0.1) is 0 Å². The maximum Gasteiger partial charge on any atom is 0.325 e. The van der Waals surface area contributed by atoms with Crippen LogP contribution in [0.1, 0.15) is 47.0 Å². The molecule has 0 saturated carbocycles. The van der Waals surface area contributed by atoms with Crippen molar-refractivity contribution in [1.29, 1.82) is 0 Å². The zero-order chi connectivity index (χ0) is 14.2. The predicted molar refractivity (Wildman–Crippen MR) is 75.7 cm³/mol. The van der Waals surface area contributed by atoms with Gasteiger partial charge in [0.2, 0.25) is 0 Å². The number of nitrogens with zero attached hydrogens (tertiary/aromatic N) is 1. The van der Waals surface area contributed by atoms with Gasteiger partial charge in [-0.1, -0.05) is 13.8 Å². The fourth-order valence-electron chi connectivity index (χ4n) is 2.09. The second kappa shape index (κ2) is 8.48. The van der Waals surface area contributed by atoms with Gasteiger partial charge in [-0.05, 0) is 53.2 Å². The van der Waals surface area contributed by atoms with Crippen molar-refractivity contribution in [3.63, 3.8) is 0 Å². The van der Waals surface area contributed by atoms with Crippen molar-refractivity contribution >= 4 is 5.97 Å². The number of esters is 1. The number of nitrogens with one attached hydrogen (secondary N) is 1. The average Bonchev–Trinajstić information content (AvgIpc) is 2.36. The quantitative estimate of drug-likeness (QED) is 0.643. The van der Waals surface area contributed by atoms with E-state index in [2.05, 4.69) is 31.1 Å². The molecule has 0 radical (unpaired) electrons. The summed E-state index contributed by atoms with van der Waals surface area (Å²) in [5.74, 6) is -0.171. The van der Waals surface area contributed by atoms with E-state index >= 15 is 0 Å². The Morgan fingerprint density at radius 3 is 2.50 bits per heavy atom. The van der Waals surface area contributed by atoms with Gasteiger partial charge in [0.05, 0.1) is 7.11 Å². The number of rotatable bonds is 9. The monoisotopic (exact) mass is 258 g/mol. The third kappa shape index (κ3) is 5.36. The highest BCUT2D eigenvalue weighted by Gasteiger charge is 2.32. The van der Waals surface area contributed by atoms with Crippen LogP contribution in [0.15, 0.2) is 0 Å². The summed E-state index contributed by atoms with van der Waals surface area (Å²) in [6, 6.07) is 0.591. The van der Waals surface area contributed by atoms with E-state index in [-0.39, 0.29) is 5.97 Å².